The van der Waals surface area contributed by atoms with Crippen molar-refractivity contribution in [3.05, 3.63) is 28.2 Å². The minimum Gasteiger partial charge on any atom is -0.480 e. The molecule has 0 aromatic heterocycles. The van der Waals surface area contributed by atoms with E-state index in [-0.39, 0.29) is 10.2 Å². The molecule has 1 aromatic rings. The molecule has 116 valence electrons. The summed E-state index contributed by atoms with van der Waals surface area (Å²) in [5, 5.41) is 13.5. The van der Waals surface area contributed by atoms with Crippen LogP contribution >= 0.6 is 15.9 Å². The Morgan fingerprint density at radius 2 is 1.86 bits per heavy atom. The molecule has 0 aliphatic rings. The SMILES string of the molecule is CC(C)(C)[C@H](NC(=O)Nc1c(F)cc(F)cc1Br)C(=O)O. The Labute approximate surface area is 128 Å². The standard InChI is InChI=1S/C13H15BrF2N2O3/c1-13(2,3)10(11(19)20)18-12(21)17-9-7(14)4-6(15)5-8(9)16/h4-5,10H,1-3H3,(H,19,20)(H2,17,18,21)/t10-/m1/s1. The normalized spacial score (nSPS) is 12.7. The number of carbonyl (C=O) groups excluding carboxylic acids is 1. The lowest BCUT2D eigenvalue weighted by atomic mass is 9.87. The third-order valence-electron chi connectivity index (χ3n) is 2.63. The lowest BCUT2D eigenvalue weighted by Gasteiger charge is -2.27. The van der Waals surface area contributed by atoms with E-state index < -0.39 is 35.1 Å². The molecule has 8 heteroatoms. The highest BCUT2D eigenvalue weighted by atomic mass is 79.9. The first kappa shape index (κ1) is 17.4. The van der Waals surface area contributed by atoms with Crippen LogP contribution in [0.25, 0.3) is 0 Å². The van der Waals surface area contributed by atoms with E-state index in [1.165, 1.54) is 0 Å². The predicted octanol–water partition coefficient (Wildman–Crippen LogP) is 3.35. The summed E-state index contributed by atoms with van der Waals surface area (Å²) in [6.07, 6.45) is 0. The maximum Gasteiger partial charge on any atom is 0.326 e. The molecule has 0 fully saturated rings. The Morgan fingerprint density at radius 1 is 1.29 bits per heavy atom. The minimum atomic E-state index is -1.21. The van der Waals surface area contributed by atoms with Gasteiger partial charge in [-0.25, -0.2) is 18.4 Å². The highest BCUT2D eigenvalue weighted by Gasteiger charge is 2.32. The molecule has 0 radical (unpaired) electrons. The lowest BCUT2D eigenvalue weighted by Crippen LogP contribution is -2.50. The van der Waals surface area contributed by atoms with E-state index in [1.807, 2.05) is 0 Å². The van der Waals surface area contributed by atoms with Gasteiger partial charge in [-0.3, -0.25) is 0 Å². The number of amides is 2. The van der Waals surface area contributed by atoms with Gasteiger partial charge in [0.25, 0.3) is 0 Å². The fraction of sp³-hybridized carbons (Fsp3) is 0.385. The van der Waals surface area contributed by atoms with Gasteiger partial charge in [-0.15, -0.1) is 0 Å². The zero-order valence-corrected chi connectivity index (χ0v) is 13.2. The number of aliphatic carboxylic acids is 1. The first-order chi connectivity index (χ1) is 9.52. The zero-order chi connectivity index (χ0) is 16.4. The molecule has 0 heterocycles. The van der Waals surface area contributed by atoms with Crippen molar-refractivity contribution in [2.75, 3.05) is 5.32 Å². The number of nitrogens with one attached hydrogen (secondary N) is 2. The number of halogens is 3. The van der Waals surface area contributed by atoms with Crippen LogP contribution in [0.2, 0.25) is 0 Å². The number of benzene rings is 1. The van der Waals surface area contributed by atoms with E-state index in [0.717, 1.165) is 6.07 Å². The Morgan fingerprint density at radius 3 is 2.29 bits per heavy atom. The van der Waals surface area contributed by atoms with Gasteiger partial charge in [-0.2, -0.15) is 0 Å². The van der Waals surface area contributed by atoms with Gasteiger partial charge in [0.05, 0.1) is 5.69 Å². The fourth-order valence-electron chi connectivity index (χ4n) is 1.59. The van der Waals surface area contributed by atoms with Crippen molar-refractivity contribution in [2.24, 2.45) is 5.41 Å². The number of urea groups is 1. The van der Waals surface area contributed by atoms with Gasteiger partial charge in [-0.1, -0.05) is 20.8 Å². The number of carboxylic acids is 1. The quantitative estimate of drug-likeness (QED) is 0.769. The van der Waals surface area contributed by atoms with Crippen molar-refractivity contribution in [2.45, 2.75) is 26.8 Å². The number of carboxylic acid groups (broad SMARTS) is 1. The van der Waals surface area contributed by atoms with Crippen LogP contribution in [0.3, 0.4) is 0 Å². The third kappa shape index (κ3) is 4.66. The van der Waals surface area contributed by atoms with Crippen LogP contribution < -0.4 is 10.6 Å². The molecule has 1 atom stereocenters. The summed E-state index contributed by atoms with van der Waals surface area (Å²) in [6, 6.07) is -0.473. The maximum absolute atomic E-state index is 13.6. The van der Waals surface area contributed by atoms with Crippen LogP contribution in [-0.2, 0) is 4.79 Å². The van der Waals surface area contributed by atoms with E-state index in [2.05, 4.69) is 26.6 Å². The van der Waals surface area contributed by atoms with Crippen molar-refractivity contribution < 1.29 is 23.5 Å². The molecule has 5 nitrogen and oxygen atoms in total. The molecule has 0 unspecified atom stereocenters. The van der Waals surface area contributed by atoms with E-state index in [1.54, 1.807) is 20.8 Å². The van der Waals surface area contributed by atoms with Gasteiger partial charge < -0.3 is 15.7 Å². The summed E-state index contributed by atoms with van der Waals surface area (Å²) in [5.41, 5.74) is -1.01. The highest BCUT2D eigenvalue weighted by molar-refractivity contribution is 9.10. The van der Waals surface area contributed by atoms with Crippen molar-refractivity contribution >= 4 is 33.6 Å². The fourth-order valence-corrected chi connectivity index (χ4v) is 2.10. The summed E-state index contributed by atoms with van der Waals surface area (Å²) in [7, 11) is 0. The van der Waals surface area contributed by atoms with Crippen LogP contribution in [-0.4, -0.2) is 23.1 Å². The molecule has 0 bridgehead atoms. The molecule has 0 spiro atoms. The molecule has 3 N–H and O–H groups in total. The third-order valence-corrected chi connectivity index (χ3v) is 3.26. The number of carbonyl (C=O) groups is 2. The molecule has 1 aromatic carbocycles. The summed E-state index contributed by atoms with van der Waals surface area (Å²) in [5.74, 6) is -2.99. The molecule has 1 rings (SSSR count). The summed E-state index contributed by atoms with van der Waals surface area (Å²) in [4.78, 5) is 22.9. The molecule has 2 amide bonds. The average Bonchev–Trinajstić information content (AvgIpc) is 2.28. The summed E-state index contributed by atoms with van der Waals surface area (Å²) < 4.78 is 26.5. The first-order valence-electron chi connectivity index (χ1n) is 5.97. The second-order valence-corrected chi connectivity index (χ2v) is 6.33. The highest BCUT2D eigenvalue weighted by Crippen LogP contribution is 2.27. The van der Waals surface area contributed by atoms with Gasteiger partial charge in [0.15, 0.2) is 5.82 Å². The van der Waals surface area contributed by atoms with E-state index in [0.29, 0.717) is 6.07 Å². The number of hydrogen-bond donors (Lipinski definition) is 3. The molecule has 0 aliphatic heterocycles. The summed E-state index contributed by atoms with van der Waals surface area (Å²) >= 11 is 2.92. The second-order valence-electron chi connectivity index (χ2n) is 5.48. The topological polar surface area (TPSA) is 78.4 Å². The van der Waals surface area contributed by atoms with Crippen LogP contribution in [0.5, 0.6) is 0 Å². The minimum absolute atomic E-state index is 0.0118. The molecule has 0 aliphatic carbocycles. The van der Waals surface area contributed by atoms with E-state index in [4.69, 9.17) is 5.11 Å². The van der Waals surface area contributed by atoms with Gasteiger partial charge in [0.2, 0.25) is 0 Å². The Kier molecular flexibility index (Phi) is 5.27. The molecule has 21 heavy (non-hydrogen) atoms. The van der Waals surface area contributed by atoms with Gasteiger partial charge in [-0.05, 0) is 27.4 Å². The molecule has 0 saturated heterocycles. The number of anilines is 1. The van der Waals surface area contributed by atoms with Gasteiger partial charge in [0.1, 0.15) is 11.9 Å². The van der Waals surface area contributed by atoms with Crippen molar-refractivity contribution in [1.82, 2.24) is 5.32 Å². The lowest BCUT2D eigenvalue weighted by molar-refractivity contribution is -0.141. The van der Waals surface area contributed by atoms with Crippen LogP contribution in [0.15, 0.2) is 16.6 Å². The first-order valence-corrected chi connectivity index (χ1v) is 6.76. The number of hydrogen-bond acceptors (Lipinski definition) is 2. The summed E-state index contributed by atoms with van der Waals surface area (Å²) in [6.45, 7) is 4.92. The van der Waals surface area contributed by atoms with Gasteiger partial charge in [0, 0.05) is 10.5 Å². The van der Waals surface area contributed by atoms with Crippen molar-refractivity contribution in [1.29, 1.82) is 0 Å². The average molecular weight is 365 g/mol. The smallest absolute Gasteiger partial charge is 0.326 e. The monoisotopic (exact) mass is 364 g/mol. The molecular formula is C13H15BrF2N2O3. The molecule has 0 saturated carbocycles. The van der Waals surface area contributed by atoms with Crippen LogP contribution in [0.1, 0.15) is 20.8 Å². The van der Waals surface area contributed by atoms with Crippen molar-refractivity contribution in [3.63, 3.8) is 0 Å². The van der Waals surface area contributed by atoms with Gasteiger partial charge >= 0.3 is 12.0 Å². The zero-order valence-electron chi connectivity index (χ0n) is 11.6. The van der Waals surface area contributed by atoms with Crippen molar-refractivity contribution in [3.8, 4) is 0 Å². The van der Waals surface area contributed by atoms with E-state index >= 15 is 0 Å². The van der Waals surface area contributed by atoms with Crippen LogP contribution in [0.4, 0.5) is 19.3 Å². The Hall–Kier alpha value is -1.70. The van der Waals surface area contributed by atoms with Crippen LogP contribution in [0, 0.1) is 17.0 Å². The predicted molar refractivity (Wildman–Crippen MR) is 77.1 cm³/mol. The van der Waals surface area contributed by atoms with E-state index in [9.17, 15) is 18.4 Å². The molecular weight excluding hydrogens is 350 g/mol. The Balaban J connectivity index is 2.90. The number of rotatable bonds is 3. The second kappa shape index (κ2) is 6.38. The largest absolute Gasteiger partial charge is 0.480 e. The maximum atomic E-state index is 13.6. The Bertz CT molecular complexity index is 550.